The maximum absolute atomic E-state index is 12.9. The Hall–Kier alpha value is -2.55. The number of ether oxygens (including phenoxy) is 2. The monoisotopic (exact) mass is 476 g/mol. The van der Waals surface area contributed by atoms with Gasteiger partial charge in [0.05, 0.1) is 28.7 Å². The molecule has 0 spiro atoms. The predicted octanol–water partition coefficient (Wildman–Crippen LogP) is 4.99. The number of aryl methyl sites for hydroxylation is 1. The van der Waals surface area contributed by atoms with Crippen molar-refractivity contribution in [1.82, 2.24) is 10.4 Å². The van der Waals surface area contributed by atoms with Crippen LogP contribution >= 0.6 is 35.6 Å². The van der Waals surface area contributed by atoms with Crippen molar-refractivity contribution in [3.05, 3.63) is 63.0 Å². The first-order chi connectivity index (χ1) is 14.8. The van der Waals surface area contributed by atoms with Gasteiger partial charge in [0.25, 0.3) is 11.8 Å². The molecule has 1 fully saturated rings. The molecule has 2 amide bonds. The zero-order chi connectivity index (χ0) is 22.5. The first-order valence-electron chi connectivity index (χ1n) is 9.58. The number of hydrogen-bond donors (Lipinski definition) is 1. The van der Waals surface area contributed by atoms with E-state index in [1.165, 1.54) is 0 Å². The lowest BCUT2D eigenvalue weighted by atomic mass is 10.1. The molecule has 0 saturated carbocycles. The van der Waals surface area contributed by atoms with Crippen molar-refractivity contribution in [2.75, 3.05) is 13.2 Å². The van der Waals surface area contributed by atoms with E-state index in [0.717, 1.165) is 27.9 Å². The van der Waals surface area contributed by atoms with Gasteiger partial charge in [-0.25, -0.2) is 0 Å². The summed E-state index contributed by atoms with van der Waals surface area (Å²) in [6, 6.07) is 10.5. The number of thiocarbonyl (C=S) groups is 1. The molecule has 0 unspecified atom stereocenters. The van der Waals surface area contributed by atoms with Crippen LogP contribution < -0.4 is 14.9 Å². The second-order valence-corrected chi connectivity index (χ2v) is 8.60. The quantitative estimate of drug-likeness (QED) is 0.448. The van der Waals surface area contributed by atoms with E-state index in [0.29, 0.717) is 34.6 Å². The van der Waals surface area contributed by atoms with E-state index in [9.17, 15) is 9.59 Å². The summed E-state index contributed by atoms with van der Waals surface area (Å²) in [5.74, 6) is 0.299. The molecule has 0 aromatic heterocycles. The summed E-state index contributed by atoms with van der Waals surface area (Å²) in [6.07, 6.45) is 1.70. The lowest BCUT2D eigenvalue weighted by Crippen LogP contribution is -2.44. The van der Waals surface area contributed by atoms with Gasteiger partial charge >= 0.3 is 0 Å². The Morgan fingerprint density at radius 3 is 2.55 bits per heavy atom. The zero-order valence-electron chi connectivity index (χ0n) is 17.2. The van der Waals surface area contributed by atoms with E-state index in [1.807, 2.05) is 26.8 Å². The molecule has 2 aromatic rings. The summed E-state index contributed by atoms with van der Waals surface area (Å²) in [7, 11) is 0. The highest BCUT2D eigenvalue weighted by Crippen LogP contribution is 2.34. The molecule has 6 nitrogen and oxygen atoms in total. The molecule has 3 rings (SSSR count). The molecular formula is C22H21ClN2O4S2. The van der Waals surface area contributed by atoms with Crippen LogP contribution in [0.5, 0.6) is 11.5 Å². The lowest BCUT2D eigenvalue weighted by Gasteiger charge is -2.16. The van der Waals surface area contributed by atoms with Gasteiger partial charge < -0.3 is 9.47 Å². The van der Waals surface area contributed by atoms with Gasteiger partial charge in [0.1, 0.15) is 0 Å². The molecule has 0 bridgehead atoms. The Balaban J connectivity index is 1.80. The summed E-state index contributed by atoms with van der Waals surface area (Å²) in [5.41, 5.74) is 4.48. The van der Waals surface area contributed by atoms with Crippen molar-refractivity contribution in [3.63, 3.8) is 0 Å². The number of carbonyl (C=O) groups is 2. The second-order valence-electron chi connectivity index (χ2n) is 6.51. The van der Waals surface area contributed by atoms with Gasteiger partial charge in [-0.05, 0) is 74.5 Å². The Morgan fingerprint density at radius 1 is 1.16 bits per heavy atom. The van der Waals surface area contributed by atoms with Crippen molar-refractivity contribution < 1.29 is 19.1 Å². The molecule has 2 aromatic carbocycles. The summed E-state index contributed by atoms with van der Waals surface area (Å²) >= 11 is 12.6. The number of nitrogens with one attached hydrogen (secondary N) is 1. The molecule has 1 saturated heterocycles. The average molecular weight is 477 g/mol. The van der Waals surface area contributed by atoms with Crippen LogP contribution in [0.3, 0.4) is 0 Å². The maximum Gasteiger partial charge on any atom is 0.285 e. The Morgan fingerprint density at radius 2 is 1.87 bits per heavy atom. The normalized spacial score (nSPS) is 14.8. The topological polar surface area (TPSA) is 67.9 Å². The number of rotatable bonds is 7. The third kappa shape index (κ3) is 5.39. The standard InChI is InChI=1S/C22H21ClN2O4S2/c1-4-28-17-9-7-14(11-18(17)29-5-2)12-19-21(27)25(22(30)31-19)24-20(26)15-8-6-13(3)10-16(15)23/h6-12H,4-5H2,1-3H3,(H,24,26)/b19-12+. The molecule has 1 aliphatic rings. The number of benzene rings is 2. The smallest absolute Gasteiger partial charge is 0.285 e. The van der Waals surface area contributed by atoms with E-state index < -0.39 is 11.8 Å². The van der Waals surface area contributed by atoms with Crippen LogP contribution in [-0.2, 0) is 4.79 Å². The number of hydrazine groups is 1. The largest absolute Gasteiger partial charge is 0.490 e. The maximum atomic E-state index is 12.9. The number of nitrogens with zero attached hydrogens (tertiary/aromatic N) is 1. The van der Waals surface area contributed by atoms with Gasteiger partial charge in [0.15, 0.2) is 15.8 Å². The number of halogens is 1. The highest BCUT2D eigenvalue weighted by atomic mass is 35.5. The Labute approximate surface area is 195 Å². The molecule has 31 heavy (non-hydrogen) atoms. The zero-order valence-corrected chi connectivity index (χ0v) is 19.6. The van der Waals surface area contributed by atoms with Crippen LogP contribution in [0.15, 0.2) is 41.3 Å². The van der Waals surface area contributed by atoms with Gasteiger partial charge in [0.2, 0.25) is 0 Å². The average Bonchev–Trinajstić information content (AvgIpc) is 2.97. The highest BCUT2D eigenvalue weighted by Gasteiger charge is 2.34. The van der Waals surface area contributed by atoms with Gasteiger partial charge in [-0.2, -0.15) is 5.01 Å². The van der Waals surface area contributed by atoms with Gasteiger partial charge in [-0.1, -0.05) is 35.5 Å². The minimum Gasteiger partial charge on any atom is -0.490 e. The number of amides is 2. The van der Waals surface area contributed by atoms with Gasteiger partial charge in [0, 0.05) is 0 Å². The SMILES string of the molecule is CCOc1ccc(/C=C2/SC(=S)N(NC(=O)c3ccc(C)cc3Cl)C2=O)cc1OCC. The van der Waals surface area contributed by atoms with Crippen LogP contribution in [0, 0.1) is 6.92 Å². The number of hydrogen-bond acceptors (Lipinski definition) is 6. The first kappa shape index (κ1) is 23.1. The molecule has 1 N–H and O–H groups in total. The third-order valence-corrected chi connectivity index (χ3v) is 5.86. The first-order valence-corrected chi connectivity index (χ1v) is 11.2. The van der Waals surface area contributed by atoms with Crippen LogP contribution in [0.4, 0.5) is 0 Å². The van der Waals surface area contributed by atoms with E-state index in [2.05, 4.69) is 5.43 Å². The molecule has 0 atom stereocenters. The molecule has 1 aliphatic heterocycles. The lowest BCUT2D eigenvalue weighted by molar-refractivity contribution is -0.123. The second kappa shape index (κ2) is 10.2. The molecule has 162 valence electrons. The summed E-state index contributed by atoms with van der Waals surface area (Å²) in [4.78, 5) is 25.8. The van der Waals surface area contributed by atoms with Crippen LogP contribution in [-0.4, -0.2) is 34.4 Å². The van der Waals surface area contributed by atoms with Crippen molar-refractivity contribution >= 4 is 57.8 Å². The number of thioether (sulfide) groups is 1. The van der Waals surface area contributed by atoms with Crippen LogP contribution in [0.2, 0.25) is 5.02 Å². The summed E-state index contributed by atoms with van der Waals surface area (Å²) < 4.78 is 11.4. The van der Waals surface area contributed by atoms with E-state index >= 15 is 0 Å². The molecule has 9 heteroatoms. The summed E-state index contributed by atoms with van der Waals surface area (Å²) in [6.45, 7) is 6.66. The molecule has 0 radical (unpaired) electrons. The minimum absolute atomic E-state index is 0.226. The van der Waals surface area contributed by atoms with Gasteiger partial charge in [-0.15, -0.1) is 0 Å². The number of carbonyl (C=O) groups excluding carboxylic acids is 2. The van der Waals surface area contributed by atoms with E-state index in [-0.39, 0.29) is 9.88 Å². The van der Waals surface area contributed by atoms with Crippen LogP contribution in [0.1, 0.15) is 35.3 Å². The van der Waals surface area contributed by atoms with Crippen LogP contribution in [0.25, 0.3) is 6.08 Å². The Bertz CT molecular complexity index is 1070. The molecule has 1 heterocycles. The van der Waals surface area contributed by atoms with Crippen molar-refractivity contribution in [2.45, 2.75) is 20.8 Å². The van der Waals surface area contributed by atoms with Gasteiger partial charge in [-0.3, -0.25) is 15.0 Å². The fourth-order valence-electron chi connectivity index (χ4n) is 2.84. The summed E-state index contributed by atoms with van der Waals surface area (Å²) in [5, 5.41) is 1.36. The van der Waals surface area contributed by atoms with Crippen molar-refractivity contribution in [2.24, 2.45) is 0 Å². The van der Waals surface area contributed by atoms with E-state index in [4.69, 9.17) is 33.3 Å². The minimum atomic E-state index is -0.512. The fourth-order valence-corrected chi connectivity index (χ4v) is 4.34. The molecule has 0 aliphatic carbocycles. The Kier molecular flexibility index (Phi) is 7.59. The third-order valence-electron chi connectivity index (χ3n) is 4.24. The van der Waals surface area contributed by atoms with E-state index in [1.54, 1.807) is 36.4 Å². The van der Waals surface area contributed by atoms with Crippen molar-refractivity contribution in [3.8, 4) is 11.5 Å². The predicted molar refractivity (Wildman–Crippen MR) is 127 cm³/mol. The highest BCUT2D eigenvalue weighted by molar-refractivity contribution is 8.26. The molecular weight excluding hydrogens is 456 g/mol. The van der Waals surface area contributed by atoms with Crippen molar-refractivity contribution in [1.29, 1.82) is 0 Å². The fraction of sp³-hybridized carbons (Fsp3) is 0.227.